The molecule has 0 radical (unpaired) electrons. The molecule has 37 heavy (non-hydrogen) atoms. The van der Waals surface area contributed by atoms with Gasteiger partial charge in [-0.1, -0.05) is 90.1 Å². The van der Waals surface area contributed by atoms with E-state index in [4.69, 9.17) is 4.74 Å². The van der Waals surface area contributed by atoms with Crippen molar-refractivity contribution < 1.29 is 19.1 Å². The summed E-state index contributed by atoms with van der Waals surface area (Å²) in [4.78, 5) is 42.1. The van der Waals surface area contributed by atoms with Crippen LogP contribution in [0.25, 0.3) is 0 Å². The van der Waals surface area contributed by atoms with Crippen LogP contribution in [0, 0.1) is 5.92 Å². The van der Waals surface area contributed by atoms with Crippen molar-refractivity contribution in [3.63, 3.8) is 0 Å². The average Bonchev–Trinajstić information content (AvgIpc) is 2.80. The van der Waals surface area contributed by atoms with Crippen molar-refractivity contribution in [2.75, 3.05) is 6.54 Å². The normalized spacial score (nSPS) is 14.0. The van der Waals surface area contributed by atoms with Gasteiger partial charge in [-0.25, -0.2) is 4.79 Å². The van der Waals surface area contributed by atoms with Crippen LogP contribution >= 0.6 is 0 Å². The van der Waals surface area contributed by atoms with Gasteiger partial charge in [-0.15, -0.1) is 0 Å². The molecular weight excluding hydrogens is 466 g/mol. The molecule has 7 nitrogen and oxygen atoms in total. The number of carbonyl (C=O) groups is 3. The maximum Gasteiger partial charge on any atom is 0.408 e. The fourth-order valence-electron chi connectivity index (χ4n) is 4.31. The summed E-state index contributed by atoms with van der Waals surface area (Å²) in [6, 6.07) is 7.82. The monoisotopic (exact) mass is 517 g/mol. The first-order valence-electron chi connectivity index (χ1n) is 14.1. The highest BCUT2D eigenvalue weighted by Gasteiger charge is 2.37. The second kappa shape index (κ2) is 16.3. The van der Waals surface area contributed by atoms with E-state index in [2.05, 4.69) is 24.5 Å². The fourth-order valence-corrected chi connectivity index (χ4v) is 4.31. The number of rotatable bonds is 15. The van der Waals surface area contributed by atoms with Crippen LogP contribution in [0.1, 0.15) is 112 Å². The summed E-state index contributed by atoms with van der Waals surface area (Å²) in [7, 11) is 0. The zero-order valence-electron chi connectivity index (χ0n) is 24.4. The lowest BCUT2D eigenvalue weighted by Crippen LogP contribution is -2.55. The van der Waals surface area contributed by atoms with Crippen molar-refractivity contribution in [1.82, 2.24) is 15.5 Å². The van der Waals surface area contributed by atoms with Gasteiger partial charge in [0.2, 0.25) is 11.8 Å². The Morgan fingerprint density at radius 1 is 0.892 bits per heavy atom. The fraction of sp³-hybridized carbons (Fsp3) is 0.700. The molecule has 0 aliphatic carbocycles. The SMILES string of the molecule is CCCCCCCN(C(=O)C(NC(=O)OC(C)(C)C)C(C)C)C(C(=O)NC(C)CCC)c1ccccc1. The summed E-state index contributed by atoms with van der Waals surface area (Å²) in [6.45, 7) is 15.8. The van der Waals surface area contributed by atoms with Gasteiger partial charge in [0.05, 0.1) is 0 Å². The van der Waals surface area contributed by atoms with E-state index >= 15 is 0 Å². The maximum absolute atomic E-state index is 14.1. The molecule has 1 aromatic rings. The third kappa shape index (κ3) is 12.0. The number of benzene rings is 1. The number of carbonyl (C=O) groups excluding carboxylic acids is 3. The molecule has 1 aromatic carbocycles. The summed E-state index contributed by atoms with van der Waals surface area (Å²) in [5, 5.41) is 5.91. The summed E-state index contributed by atoms with van der Waals surface area (Å²) < 4.78 is 5.45. The number of unbranched alkanes of at least 4 members (excludes halogenated alkanes) is 4. The first-order chi connectivity index (χ1) is 17.4. The zero-order chi connectivity index (χ0) is 28.0. The molecule has 0 aliphatic heterocycles. The number of amides is 3. The molecule has 3 unspecified atom stereocenters. The van der Waals surface area contributed by atoms with Crippen LogP contribution in [0.4, 0.5) is 4.79 Å². The van der Waals surface area contributed by atoms with E-state index in [1.54, 1.807) is 25.7 Å². The molecule has 3 amide bonds. The topological polar surface area (TPSA) is 87.7 Å². The van der Waals surface area contributed by atoms with Crippen molar-refractivity contribution in [3.05, 3.63) is 35.9 Å². The first-order valence-corrected chi connectivity index (χ1v) is 14.1. The van der Waals surface area contributed by atoms with Crippen LogP contribution in [-0.2, 0) is 14.3 Å². The second-order valence-corrected chi connectivity index (χ2v) is 11.3. The van der Waals surface area contributed by atoms with E-state index in [1.165, 1.54) is 0 Å². The standard InChI is InChI=1S/C30H51N3O4/c1-9-11-12-13-17-21-33(28(35)25(22(3)4)32-29(36)37-30(6,7)8)26(24-19-15-14-16-20-24)27(34)31-23(5)18-10-2/h14-16,19-20,22-23,25-26H,9-13,17-18,21H2,1-8H3,(H,31,34)(H,32,36). The van der Waals surface area contributed by atoms with Crippen LogP contribution in [0.3, 0.4) is 0 Å². The average molecular weight is 518 g/mol. The minimum absolute atomic E-state index is 0.00833. The number of hydrogen-bond donors (Lipinski definition) is 2. The van der Waals surface area contributed by atoms with Gasteiger partial charge in [0.1, 0.15) is 17.7 Å². The molecule has 0 saturated carbocycles. The van der Waals surface area contributed by atoms with Crippen LogP contribution in [-0.4, -0.2) is 47.0 Å². The van der Waals surface area contributed by atoms with Crippen molar-refractivity contribution >= 4 is 17.9 Å². The predicted octanol–water partition coefficient (Wildman–Crippen LogP) is 6.38. The first kappa shape index (κ1) is 32.5. The highest BCUT2D eigenvalue weighted by atomic mass is 16.6. The molecule has 1 rings (SSSR count). The Labute approximate surface area is 225 Å². The molecule has 0 aliphatic rings. The predicted molar refractivity (Wildman–Crippen MR) is 150 cm³/mol. The molecule has 0 bridgehead atoms. The largest absolute Gasteiger partial charge is 0.444 e. The van der Waals surface area contributed by atoms with E-state index in [9.17, 15) is 14.4 Å². The van der Waals surface area contributed by atoms with E-state index in [1.807, 2.05) is 51.1 Å². The van der Waals surface area contributed by atoms with E-state index in [0.29, 0.717) is 6.54 Å². The molecule has 3 atom stereocenters. The molecule has 0 saturated heterocycles. The van der Waals surface area contributed by atoms with Crippen LogP contribution in [0.5, 0.6) is 0 Å². The molecule has 7 heteroatoms. The Balaban J connectivity index is 3.38. The lowest BCUT2D eigenvalue weighted by Gasteiger charge is -2.36. The van der Waals surface area contributed by atoms with Gasteiger partial charge in [0.25, 0.3) is 0 Å². The van der Waals surface area contributed by atoms with Gasteiger partial charge >= 0.3 is 6.09 Å². The lowest BCUT2D eigenvalue weighted by molar-refractivity contribution is -0.143. The molecular formula is C30H51N3O4. The maximum atomic E-state index is 14.1. The minimum atomic E-state index is -0.822. The van der Waals surface area contributed by atoms with Gasteiger partial charge in [0.15, 0.2) is 0 Å². The van der Waals surface area contributed by atoms with Crippen molar-refractivity contribution in [2.24, 2.45) is 5.92 Å². The molecule has 0 heterocycles. The van der Waals surface area contributed by atoms with E-state index in [0.717, 1.165) is 50.5 Å². The number of nitrogens with one attached hydrogen (secondary N) is 2. The van der Waals surface area contributed by atoms with Crippen LogP contribution < -0.4 is 10.6 Å². The third-order valence-corrected chi connectivity index (χ3v) is 6.18. The number of nitrogens with zero attached hydrogens (tertiary/aromatic N) is 1. The number of hydrogen-bond acceptors (Lipinski definition) is 4. The number of alkyl carbamates (subject to hydrolysis) is 1. The van der Waals surface area contributed by atoms with E-state index in [-0.39, 0.29) is 23.8 Å². The van der Waals surface area contributed by atoms with Crippen molar-refractivity contribution in [2.45, 2.75) is 124 Å². The second-order valence-electron chi connectivity index (χ2n) is 11.3. The highest BCUT2D eigenvalue weighted by Crippen LogP contribution is 2.25. The van der Waals surface area contributed by atoms with Crippen molar-refractivity contribution in [1.29, 1.82) is 0 Å². The smallest absolute Gasteiger partial charge is 0.408 e. The minimum Gasteiger partial charge on any atom is -0.444 e. The molecule has 0 fully saturated rings. The Hall–Kier alpha value is -2.57. The Morgan fingerprint density at radius 2 is 1.51 bits per heavy atom. The zero-order valence-corrected chi connectivity index (χ0v) is 24.4. The van der Waals surface area contributed by atoms with E-state index < -0.39 is 23.8 Å². The summed E-state index contributed by atoms with van der Waals surface area (Å²) in [6.07, 6.45) is 6.27. The van der Waals surface area contributed by atoms with Crippen molar-refractivity contribution in [3.8, 4) is 0 Å². The molecule has 210 valence electrons. The number of ether oxygens (including phenoxy) is 1. The van der Waals surface area contributed by atoms with Gasteiger partial charge < -0.3 is 20.3 Å². The molecule has 0 aromatic heterocycles. The quantitative estimate of drug-likeness (QED) is 0.264. The van der Waals surface area contributed by atoms with Gasteiger partial charge in [-0.3, -0.25) is 9.59 Å². The Kier molecular flexibility index (Phi) is 14.3. The Bertz CT molecular complexity index is 820. The summed E-state index contributed by atoms with van der Waals surface area (Å²) in [5.74, 6) is -0.668. The lowest BCUT2D eigenvalue weighted by atomic mass is 9.98. The summed E-state index contributed by atoms with van der Waals surface area (Å²) >= 11 is 0. The Morgan fingerprint density at radius 3 is 2.05 bits per heavy atom. The highest BCUT2D eigenvalue weighted by molar-refractivity contribution is 5.92. The molecule has 2 N–H and O–H groups in total. The molecule has 0 spiro atoms. The van der Waals surface area contributed by atoms with Gasteiger partial charge in [-0.05, 0) is 52.0 Å². The van der Waals surface area contributed by atoms with Gasteiger partial charge in [-0.2, -0.15) is 0 Å². The third-order valence-electron chi connectivity index (χ3n) is 6.18. The van der Waals surface area contributed by atoms with Crippen LogP contribution in [0.2, 0.25) is 0 Å². The van der Waals surface area contributed by atoms with Crippen LogP contribution in [0.15, 0.2) is 30.3 Å². The summed E-state index contributed by atoms with van der Waals surface area (Å²) in [5.41, 5.74) is 0.0700. The van der Waals surface area contributed by atoms with Gasteiger partial charge in [0, 0.05) is 12.6 Å².